The van der Waals surface area contributed by atoms with Crippen molar-refractivity contribution < 1.29 is 9.47 Å². The highest BCUT2D eigenvalue weighted by Gasteiger charge is 2.10. The first-order valence-corrected chi connectivity index (χ1v) is 8.02. The molecule has 0 saturated heterocycles. The molecule has 26 heavy (non-hydrogen) atoms. The highest BCUT2D eigenvalue weighted by molar-refractivity contribution is 5.92. The van der Waals surface area contributed by atoms with E-state index in [2.05, 4.69) is 25.3 Å². The number of benzene rings is 1. The van der Waals surface area contributed by atoms with Gasteiger partial charge in [-0.1, -0.05) is 0 Å². The summed E-state index contributed by atoms with van der Waals surface area (Å²) in [5.74, 6) is 1.85. The second-order valence-corrected chi connectivity index (χ2v) is 5.59. The fourth-order valence-corrected chi connectivity index (χ4v) is 2.75. The number of hydrogen-bond acceptors (Lipinski definition) is 6. The van der Waals surface area contributed by atoms with Crippen LogP contribution >= 0.6 is 0 Å². The normalized spacial score (nSPS) is 10.7. The number of aromatic nitrogens is 4. The first-order chi connectivity index (χ1) is 12.8. The third kappa shape index (κ3) is 3.02. The number of H-pyrrole nitrogens is 1. The third-order valence-corrected chi connectivity index (χ3v) is 3.99. The maximum Gasteiger partial charge on any atom is 0.227 e. The molecular weight excluding hydrogens is 330 g/mol. The average Bonchev–Trinajstić information content (AvgIpc) is 3.12. The van der Waals surface area contributed by atoms with Gasteiger partial charge in [0.2, 0.25) is 5.95 Å². The van der Waals surface area contributed by atoms with E-state index in [4.69, 9.17) is 9.47 Å². The Labute approximate surface area is 150 Å². The van der Waals surface area contributed by atoms with Crippen LogP contribution in [0, 0.1) is 0 Å². The van der Waals surface area contributed by atoms with Crippen molar-refractivity contribution in [3.8, 4) is 22.8 Å². The van der Waals surface area contributed by atoms with E-state index in [1.165, 1.54) is 0 Å². The Kier molecular flexibility index (Phi) is 4.10. The Morgan fingerprint density at radius 2 is 1.77 bits per heavy atom. The number of rotatable bonds is 5. The average molecular weight is 347 g/mol. The fourth-order valence-electron chi connectivity index (χ4n) is 2.75. The Morgan fingerprint density at radius 1 is 0.962 bits per heavy atom. The molecule has 2 N–H and O–H groups in total. The number of nitrogens with zero attached hydrogens (tertiary/aromatic N) is 3. The van der Waals surface area contributed by atoms with Crippen LogP contribution in [0.3, 0.4) is 0 Å². The predicted octanol–water partition coefficient (Wildman–Crippen LogP) is 3.78. The molecule has 0 unspecified atom stereocenters. The molecule has 1 aromatic carbocycles. The fraction of sp³-hybridized carbons (Fsp3) is 0.105. The van der Waals surface area contributed by atoms with Gasteiger partial charge in [0.1, 0.15) is 17.1 Å². The van der Waals surface area contributed by atoms with E-state index in [-0.39, 0.29) is 0 Å². The van der Waals surface area contributed by atoms with E-state index in [1.54, 1.807) is 32.7 Å². The third-order valence-electron chi connectivity index (χ3n) is 3.99. The first-order valence-electron chi connectivity index (χ1n) is 8.02. The van der Waals surface area contributed by atoms with Gasteiger partial charge in [0, 0.05) is 53.4 Å². The SMILES string of the molecule is COc1cc(Nc2nccc(-c3c[nH]c4ncccc34)n2)cc(OC)c1. The van der Waals surface area contributed by atoms with E-state index < -0.39 is 0 Å². The van der Waals surface area contributed by atoms with Crippen molar-refractivity contribution in [2.45, 2.75) is 0 Å². The summed E-state index contributed by atoms with van der Waals surface area (Å²) in [6.07, 6.45) is 5.38. The van der Waals surface area contributed by atoms with Crippen LogP contribution in [0.25, 0.3) is 22.3 Å². The van der Waals surface area contributed by atoms with E-state index in [0.29, 0.717) is 17.4 Å². The summed E-state index contributed by atoms with van der Waals surface area (Å²) in [5.41, 5.74) is 3.38. The van der Waals surface area contributed by atoms with Gasteiger partial charge >= 0.3 is 0 Å². The summed E-state index contributed by atoms with van der Waals surface area (Å²) in [6.45, 7) is 0. The minimum absolute atomic E-state index is 0.482. The number of aromatic amines is 1. The molecule has 3 heterocycles. The summed E-state index contributed by atoms with van der Waals surface area (Å²) >= 11 is 0. The minimum atomic E-state index is 0.482. The van der Waals surface area contributed by atoms with Crippen molar-refractivity contribution in [1.82, 2.24) is 19.9 Å². The quantitative estimate of drug-likeness (QED) is 0.571. The van der Waals surface area contributed by atoms with E-state index in [1.807, 2.05) is 36.5 Å². The van der Waals surface area contributed by atoms with Gasteiger partial charge in [0.15, 0.2) is 0 Å². The van der Waals surface area contributed by atoms with Crippen molar-refractivity contribution in [3.05, 3.63) is 55.0 Å². The molecule has 0 saturated carbocycles. The number of methoxy groups -OCH3 is 2. The van der Waals surface area contributed by atoms with Crippen LogP contribution in [0.2, 0.25) is 0 Å². The maximum absolute atomic E-state index is 5.29. The van der Waals surface area contributed by atoms with Crippen LogP contribution in [-0.4, -0.2) is 34.2 Å². The standard InChI is InChI=1S/C19H17N5O2/c1-25-13-8-12(9-14(10-13)26-2)23-19-21-7-5-17(24-19)16-11-22-18-15(16)4-3-6-20-18/h3-11H,1-2H3,(H,20,22)(H,21,23,24). The number of ether oxygens (including phenoxy) is 2. The van der Waals surface area contributed by atoms with E-state index in [9.17, 15) is 0 Å². The van der Waals surface area contributed by atoms with Crippen molar-refractivity contribution in [3.63, 3.8) is 0 Å². The molecule has 4 rings (SSSR count). The lowest BCUT2D eigenvalue weighted by Crippen LogP contribution is -1.99. The van der Waals surface area contributed by atoms with Crippen LogP contribution in [-0.2, 0) is 0 Å². The largest absolute Gasteiger partial charge is 0.497 e. The van der Waals surface area contributed by atoms with Crippen molar-refractivity contribution in [2.75, 3.05) is 19.5 Å². The summed E-state index contributed by atoms with van der Waals surface area (Å²) in [5, 5.41) is 4.21. The first kappa shape index (κ1) is 15.9. The van der Waals surface area contributed by atoms with Crippen LogP contribution in [0.5, 0.6) is 11.5 Å². The highest BCUT2D eigenvalue weighted by atomic mass is 16.5. The molecule has 0 atom stereocenters. The molecule has 0 amide bonds. The molecule has 130 valence electrons. The molecule has 7 heteroatoms. The maximum atomic E-state index is 5.29. The van der Waals surface area contributed by atoms with Crippen LogP contribution < -0.4 is 14.8 Å². The van der Waals surface area contributed by atoms with E-state index in [0.717, 1.165) is 28.0 Å². The molecule has 0 spiro atoms. The highest BCUT2D eigenvalue weighted by Crippen LogP contribution is 2.29. The zero-order valence-corrected chi connectivity index (χ0v) is 14.4. The van der Waals surface area contributed by atoms with E-state index >= 15 is 0 Å². The molecular formula is C19H17N5O2. The Morgan fingerprint density at radius 3 is 2.54 bits per heavy atom. The summed E-state index contributed by atoms with van der Waals surface area (Å²) < 4.78 is 10.6. The van der Waals surface area contributed by atoms with Crippen molar-refractivity contribution >= 4 is 22.7 Å². The Balaban J connectivity index is 1.68. The van der Waals surface area contributed by atoms with Gasteiger partial charge in [-0.15, -0.1) is 0 Å². The van der Waals surface area contributed by atoms with Gasteiger partial charge in [-0.2, -0.15) is 0 Å². The molecule has 0 radical (unpaired) electrons. The zero-order valence-electron chi connectivity index (χ0n) is 14.4. The lowest BCUT2D eigenvalue weighted by Gasteiger charge is -2.10. The van der Waals surface area contributed by atoms with Crippen molar-refractivity contribution in [1.29, 1.82) is 0 Å². The predicted molar refractivity (Wildman–Crippen MR) is 99.9 cm³/mol. The second-order valence-electron chi connectivity index (χ2n) is 5.59. The zero-order chi connectivity index (χ0) is 17.9. The van der Waals surface area contributed by atoms with Crippen LogP contribution in [0.1, 0.15) is 0 Å². The number of hydrogen-bond donors (Lipinski definition) is 2. The Hall–Kier alpha value is -3.61. The number of nitrogens with one attached hydrogen (secondary N) is 2. The summed E-state index contributed by atoms with van der Waals surface area (Å²) in [7, 11) is 3.22. The van der Waals surface area contributed by atoms with Gasteiger partial charge in [0.05, 0.1) is 19.9 Å². The summed E-state index contributed by atoms with van der Waals surface area (Å²) in [6, 6.07) is 11.3. The topological polar surface area (TPSA) is 85.0 Å². The van der Waals surface area contributed by atoms with Gasteiger partial charge in [-0.25, -0.2) is 15.0 Å². The molecule has 0 aliphatic carbocycles. The molecule has 0 bridgehead atoms. The van der Waals surface area contributed by atoms with Gasteiger partial charge in [0.25, 0.3) is 0 Å². The van der Waals surface area contributed by atoms with Crippen molar-refractivity contribution in [2.24, 2.45) is 0 Å². The number of anilines is 2. The lowest BCUT2D eigenvalue weighted by atomic mass is 10.1. The molecule has 7 nitrogen and oxygen atoms in total. The monoisotopic (exact) mass is 347 g/mol. The second kappa shape index (κ2) is 6.72. The van der Waals surface area contributed by atoms with Crippen LogP contribution in [0.4, 0.5) is 11.6 Å². The van der Waals surface area contributed by atoms with Crippen LogP contribution in [0.15, 0.2) is 55.0 Å². The number of fused-ring (bicyclic) bond motifs is 1. The molecule has 0 fully saturated rings. The number of pyridine rings is 1. The molecule has 4 aromatic rings. The smallest absolute Gasteiger partial charge is 0.227 e. The van der Waals surface area contributed by atoms with Gasteiger partial charge in [-0.3, -0.25) is 0 Å². The lowest BCUT2D eigenvalue weighted by molar-refractivity contribution is 0.395. The van der Waals surface area contributed by atoms with Gasteiger partial charge in [-0.05, 0) is 18.2 Å². The molecule has 3 aromatic heterocycles. The molecule has 0 aliphatic heterocycles. The minimum Gasteiger partial charge on any atom is -0.497 e. The Bertz CT molecular complexity index is 1040. The van der Waals surface area contributed by atoms with Gasteiger partial charge < -0.3 is 19.8 Å². The summed E-state index contributed by atoms with van der Waals surface area (Å²) in [4.78, 5) is 16.4. The molecule has 0 aliphatic rings.